The topological polar surface area (TPSA) is 85.7 Å². The number of furan rings is 1. The van der Waals surface area contributed by atoms with Crippen LogP contribution < -0.4 is 10.5 Å². The molecule has 0 radical (unpaired) electrons. The number of aliphatic carboxylic acids is 1. The summed E-state index contributed by atoms with van der Waals surface area (Å²) in [5.74, 6) is 1.02. The van der Waals surface area contributed by atoms with Gasteiger partial charge in [-0.25, -0.2) is 0 Å². The van der Waals surface area contributed by atoms with Crippen molar-refractivity contribution in [3.05, 3.63) is 53.0 Å². The lowest BCUT2D eigenvalue weighted by atomic mass is 10.1. The second-order valence-corrected chi connectivity index (χ2v) is 5.59. The van der Waals surface area contributed by atoms with Gasteiger partial charge in [0.05, 0.1) is 0 Å². The molecule has 5 nitrogen and oxygen atoms in total. The first-order chi connectivity index (χ1) is 10.6. The fourth-order valence-corrected chi connectivity index (χ4v) is 2.71. The zero-order valence-corrected chi connectivity index (χ0v) is 12.2. The summed E-state index contributed by atoms with van der Waals surface area (Å²) >= 11 is 0. The Morgan fingerprint density at radius 2 is 2.00 bits per heavy atom. The minimum atomic E-state index is -1.03. The minimum absolute atomic E-state index is 0.175. The van der Waals surface area contributed by atoms with Crippen LogP contribution in [0.4, 0.5) is 0 Å². The number of carboxylic acids is 1. The molecule has 0 aliphatic heterocycles. The van der Waals surface area contributed by atoms with E-state index in [0.717, 1.165) is 18.6 Å². The van der Waals surface area contributed by atoms with Crippen molar-refractivity contribution in [1.29, 1.82) is 0 Å². The summed E-state index contributed by atoms with van der Waals surface area (Å²) in [5.41, 5.74) is 8.26. The molecule has 2 aromatic rings. The van der Waals surface area contributed by atoms with Gasteiger partial charge in [0.2, 0.25) is 0 Å². The van der Waals surface area contributed by atoms with Gasteiger partial charge in [-0.1, -0.05) is 6.07 Å². The maximum atomic E-state index is 10.7. The van der Waals surface area contributed by atoms with Gasteiger partial charge in [0.25, 0.3) is 0 Å². The van der Waals surface area contributed by atoms with E-state index in [-0.39, 0.29) is 6.42 Å². The van der Waals surface area contributed by atoms with E-state index in [4.69, 9.17) is 20.0 Å². The molecule has 0 amide bonds. The molecule has 0 saturated carbocycles. The third kappa shape index (κ3) is 3.31. The van der Waals surface area contributed by atoms with E-state index in [2.05, 4.69) is 12.1 Å². The Morgan fingerprint density at radius 3 is 2.82 bits per heavy atom. The van der Waals surface area contributed by atoms with Crippen molar-refractivity contribution < 1.29 is 19.1 Å². The summed E-state index contributed by atoms with van der Waals surface area (Å²) in [6, 6.07) is 8.77. The summed E-state index contributed by atoms with van der Waals surface area (Å²) < 4.78 is 11.3. The van der Waals surface area contributed by atoms with E-state index in [1.807, 2.05) is 6.07 Å². The second kappa shape index (κ2) is 6.23. The number of rotatable bonds is 6. The van der Waals surface area contributed by atoms with Crippen molar-refractivity contribution in [2.75, 3.05) is 0 Å². The third-order valence-corrected chi connectivity index (χ3v) is 3.91. The molecule has 1 aliphatic carbocycles. The molecular weight excluding hydrogens is 282 g/mol. The number of carbonyl (C=O) groups is 1. The van der Waals surface area contributed by atoms with E-state index in [9.17, 15) is 4.79 Å². The van der Waals surface area contributed by atoms with Gasteiger partial charge in [0.15, 0.2) is 0 Å². The van der Waals surface area contributed by atoms with Crippen LogP contribution >= 0.6 is 0 Å². The molecule has 1 aromatic carbocycles. The van der Waals surface area contributed by atoms with Crippen molar-refractivity contribution in [3.8, 4) is 5.75 Å². The number of hydrogen-bond donors (Lipinski definition) is 2. The van der Waals surface area contributed by atoms with Gasteiger partial charge >= 0.3 is 5.97 Å². The summed E-state index contributed by atoms with van der Waals surface area (Å²) in [7, 11) is 0. The average molecular weight is 301 g/mol. The predicted octanol–water partition coefficient (Wildman–Crippen LogP) is 2.30. The van der Waals surface area contributed by atoms with Crippen LogP contribution in [0.1, 0.15) is 29.1 Å². The normalized spacial score (nSPS) is 14.6. The van der Waals surface area contributed by atoms with E-state index in [1.54, 1.807) is 12.1 Å². The van der Waals surface area contributed by atoms with Crippen LogP contribution in [0.5, 0.6) is 5.75 Å². The Bertz CT molecular complexity index is 677. The Balaban J connectivity index is 1.58. The Labute approximate surface area is 128 Å². The number of aryl methyl sites for hydroxylation is 2. The standard InChI is InChI=1S/C17H19NO4/c18-16(17(19)20)9-14-6-7-15(22-14)10-21-13-5-4-11-2-1-3-12(11)8-13/h4-8,16H,1-3,9-10,18H2,(H,19,20). The van der Waals surface area contributed by atoms with Crippen molar-refractivity contribution in [2.24, 2.45) is 5.73 Å². The van der Waals surface area contributed by atoms with Crippen molar-refractivity contribution in [1.82, 2.24) is 0 Å². The molecule has 1 aliphatic rings. The molecule has 116 valence electrons. The second-order valence-electron chi connectivity index (χ2n) is 5.59. The molecule has 5 heteroatoms. The molecule has 0 saturated heterocycles. The van der Waals surface area contributed by atoms with E-state index >= 15 is 0 Å². The first-order valence-corrected chi connectivity index (χ1v) is 7.42. The largest absolute Gasteiger partial charge is 0.486 e. The zero-order valence-electron chi connectivity index (χ0n) is 12.2. The van der Waals surface area contributed by atoms with Crippen LogP contribution in [0.15, 0.2) is 34.7 Å². The Kier molecular flexibility index (Phi) is 4.15. The fraction of sp³-hybridized carbons (Fsp3) is 0.353. The summed E-state index contributed by atoms with van der Waals surface area (Å²) in [5, 5.41) is 8.79. The van der Waals surface area contributed by atoms with Gasteiger partial charge in [0, 0.05) is 6.42 Å². The molecule has 22 heavy (non-hydrogen) atoms. The molecule has 1 aromatic heterocycles. The van der Waals surface area contributed by atoms with Gasteiger partial charge in [-0.3, -0.25) is 4.79 Å². The lowest BCUT2D eigenvalue weighted by Crippen LogP contribution is -2.32. The number of ether oxygens (including phenoxy) is 1. The van der Waals surface area contributed by atoms with Crippen molar-refractivity contribution >= 4 is 5.97 Å². The van der Waals surface area contributed by atoms with Crippen LogP contribution in [0, 0.1) is 0 Å². The molecule has 0 fully saturated rings. The summed E-state index contributed by atoms with van der Waals surface area (Å²) in [4.78, 5) is 10.7. The number of carboxylic acid groups (broad SMARTS) is 1. The van der Waals surface area contributed by atoms with Crippen molar-refractivity contribution in [3.63, 3.8) is 0 Å². The van der Waals surface area contributed by atoms with Gasteiger partial charge in [-0.2, -0.15) is 0 Å². The van der Waals surface area contributed by atoms with Crippen LogP contribution in [0.25, 0.3) is 0 Å². The monoisotopic (exact) mass is 301 g/mol. The molecule has 1 atom stereocenters. The lowest BCUT2D eigenvalue weighted by molar-refractivity contribution is -0.138. The first kappa shape index (κ1) is 14.7. The average Bonchev–Trinajstić information content (AvgIpc) is 3.13. The van der Waals surface area contributed by atoms with Gasteiger partial charge < -0.3 is 20.0 Å². The number of fused-ring (bicyclic) bond motifs is 1. The van der Waals surface area contributed by atoms with Gasteiger partial charge in [-0.15, -0.1) is 0 Å². The quantitative estimate of drug-likeness (QED) is 0.855. The maximum absolute atomic E-state index is 10.7. The molecule has 1 unspecified atom stereocenters. The molecule has 0 bridgehead atoms. The van der Waals surface area contributed by atoms with Crippen LogP contribution in [-0.2, 0) is 30.7 Å². The first-order valence-electron chi connectivity index (χ1n) is 7.42. The molecule has 3 rings (SSSR count). The number of nitrogens with two attached hydrogens (primary N) is 1. The lowest BCUT2D eigenvalue weighted by Gasteiger charge is -2.07. The van der Waals surface area contributed by atoms with Crippen molar-refractivity contribution in [2.45, 2.75) is 38.3 Å². The number of benzene rings is 1. The zero-order chi connectivity index (χ0) is 15.5. The highest BCUT2D eigenvalue weighted by Crippen LogP contribution is 2.26. The van der Waals surface area contributed by atoms with E-state index in [0.29, 0.717) is 18.1 Å². The Hall–Kier alpha value is -2.27. The SMILES string of the molecule is NC(Cc1ccc(COc2ccc3c(c2)CCC3)o1)C(=O)O. The smallest absolute Gasteiger partial charge is 0.320 e. The highest BCUT2D eigenvalue weighted by molar-refractivity contribution is 5.73. The Morgan fingerprint density at radius 1 is 1.23 bits per heavy atom. The molecular formula is C17H19NO4. The fourth-order valence-electron chi connectivity index (χ4n) is 2.71. The van der Waals surface area contributed by atoms with Crippen LogP contribution in [0.2, 0.25) is 0 Å². The highest BCUT2D eigenvalue weighted by atomic mass is 16.5. The minimum Gasteiger partial charge on any atom is -0.486 e. The van der Waals surface area contributed by atoms with E-state index < -0.39 is 12.0 Å². The number of hydrogen-bond acceptors (Lipinski definition) is 4. The highest BCUT2D eigenvalue weighted by Gasteiger charge is 2.15. The van der Waals surface area contributed by atoms with Gasteiger partial charge in [0.1, 0.15) is 29.9 Å². The maximum Gasteiger partial charge on any atom is 0.320 e. The molecule has 0 spiro atoms. The van der Waals surface area contributed by atoms with Crippen LogP contribution in [0.3, 0.4) is 0 Å². The third-order valence-electron chi connectivity index (χ3n) is 3.91. The van der Waals surface area contributed by atoms with Gasteiger partial charge in [-0.05, 0) is 54.7 Å². The van der Waals surface area contributed by atoms with Crippen LogP contribution in [-0.4, -0.2) is 17.1 Å². The molecule has 3 N–H and O–H groups in total. The predicted molar refractivity (Wildman–Crippen MR) is 80.8 cm³/mol. The summed E-state index contributed by atoms with van der Waals surface area (Å²) in [6.45, 7) is 0.321. The summed E-state index contributed by atoms with van der Waals surface area (Å²) in [6.07, 6.45) is 3.66. The van der Waals surface area contributed by atoms with E-state index in [1.165, 1.54) is 17.5 Å². The molecule has 1 heterocycles.